The number of nitrogens with one attached hydrogen (secondary N) is 2. The molecule has 2 aromatic rings. The monoisotopic (exact) mass is 431 g/mol. The van der Waals surface area contributed by atoms with Crippen LogP contribution in [0.3, 0.4) is 0 Å². The first kappa shape index (κ1) is 20.9. The zero-order valence-corrected chi connectivity index (χ0v) is 18.3. The van der Waals surface area contributed by atoms with Crippen LogP contribution in [-0.4, -0.2) is 53.5 Å². The summed E-state index contributed by atoms with van der Waals surface area (Å²) in [6.45, 7) is 7.13. The van der Waals surface area contributed by atoms with Gasteiger partial charge in [0.15, 0.2) is 16.6 Å². The van der Waals surface area contributed by atoms with E-state index in [1.165, 1.54) is 0 Å². The Kier molecular flexibility index (Phi) is 6.43. The number of benzene rings is 1. The van der Waals surface area contributed by atoms with E-state index in [0.717, 1.165) is 36.8 Å². The number of thiocarbonyl (C=S) groups is 1. The topological polar surface area (TPSA) is 75.8 Å². The molecule has 1 fully saturated rings. The van der Waals surface area contributed by atoms with Crippen LogP contribution in [0.25, 0.3) is 10.9 Å². The Morgan fingerprint density at radius 1 is 1.27 bits per heavy atom. The molecule has 8 heteroatoms. The van der Waals surface area contributed by atoms with Crippen LogP contribution in [0.15, 0.2) is 23.0 Å². The van der Waals surface area contributed by atoms with E-state index in [0.29, 0.717) is 48.5 Å². The highest BCUT2D eigenvalue weighted by molar-refractivity contribution is 7.80. The van der Waals surface area contributed by atoms with Crippen molar-refractivity contribution in [1.29, 1.82) is 0 Å². The fraction of sp³-hybridized carbons (Fsp3) is 0.545. The quantitative estimate of drug-likeness (QED) is 0.681. The van der Waals surface area contributed by atoms with Crippen LogP contribution in [0.5, 0.6) is 11.5 Å². The van der Waals surface area contributed by atoms with E-state index in [1.807, 2.05) is 23.1 Å². The molecule has 0 saturated carbocycles. The zero-order valence-electron chi connectivity index (χ0n) is 17.5. The average molecular weight is 432 g/mol. The Bertz CT molecular complexity index is 971. The number of hydrogen-bond acceptors (Lipinski definition) is 5. The lowest BCUT2D eigenvalue weighted by molar-refractivity contribution is 0.0895. The van der Waals surface area contributed by atoms with Crippen LogP contribution in [0.4, 0.5) is 0 Å². The first-order valence-corrected chi connectivity index (χ1v) is 11.1. The first-order chi connectivity index (χ1) is 14.5. The van der Waals surface area contributed by atoms with Crippen molar-refractivity contribution < 1.29 is 14.2 Å². The first-order valence-electron chi connectivity index (χ1n) is 10.7. The van der Waals surface area contributed by atoms with Crippen molar-refractivity contribution in [3.63, 3.8) is 0 Å². The number of ether oxygens (including phenoxy) is 3. The van der Waals surface area contributed by atoms with Gasteiger partial charge in [0.05, 0.1) is 18.2 Å². The van der Waals surface area contributed by atoms with Crippen molar-refractivity contribution in [2.75, 3.05) is 26.4 Å². The van der Waals surface area contributed by atoms with Crippen LogP contribution in [0.2, 0.25) is 0 Å². The molecular formula is C22H29N3O4S. The third-order valence-electron chi connectivity index (χ3n) is 5.66. The van der Waals surface area contributed by atoms with E-state index < -0.39 is 0 Å². The molecule has 3 heterocycles. The van der Waals surface area contributed by atoms with Crippen molar-refractivity contribution in [3.8, 4) is 11.5 Å². The maximum absolute atomic E-state index is 12.8. The van der Waals surface area contributed by atoms with Crippen molar-refractivity contribution >= 4 is 28.2 Å². The molecule has 7 nitrogen and oxygen atoms in total. The Morgan fingerprint density at radius 3 is 2.73 bits per heavy atom. The summed E-state index contributed by atoms with van der Waals surface area (Å²) in [5, 5.41) is 4.94. The van der Waals surface area contributed by atoms with Gasteiger partial charge in [-0.3, -0.25) is 4.79 Å². The van der Waals surface area contributed by atoms with E-state index in [9.17, 15) is 4.79 Å². The molecule has 0 aliphatic carbocycles. The molecule has 0 unspecified atom stereocenters. The normalized spacial score (nSPS) is 18.9. The molecule has 1 saturated heterocycles. The molecule has 1 aromatic heterocycles. The van der Waals surface area contributed by atoms with Crippen LogP contribution < -0.4 is 20.3 Å². The molecule has 0 spiro atoms. The second-order valence-electron chi connectivity index (χ2n) is 7.98. The SMILES string of the molecule is CC[C@H](C)NC(=S)N(Cc1cc2cc3c(cc2[nH]c1=O)OCCO3)C[C@H]1CCCO1. The molecule has 2 aliphatic heterocycles. The van der Waals surface area contributed by atoms with Gasteiger partial charge in [-0.25, -0.2) is 0 Å². The van der Waals surface area contributed by atoms with E-state index in [4.69, 9.17) is 26.4 Å². The number of fused-ring (bicyclic) bond motifs is 2. The minimum absolute atomic E-state index is 0.122. The lowest BCUT2D eigenvalue weighted by Crippen LogP contribution is -2.46. The Balaban J connectivity index is 1.61. The summed E-state index contributed by atoms with van der Waals surface area (Å²) < 4.78 is 17.1. The van der Waals surface area contributed by atoms with Gasteiger partial charge in [0.1, 0.15) is 13.2 Å². The summed E-state index contributed by atoms with van der Waals surface area (Å²) in [7, 11) is 0. The van der Waals surface area contributed by atoms with Gasteiger partial charge in [0.25, 0.3) is 5.56 Å². The van der Waals surface area contributed by atoms with E-state index in [-0.39, 0.29) is 17.7 Å². The minimum atomic E-state index is -0.122. The highest BCUT2D eigenvalue weighted by Gasteiger charge is 2.23. The third-order valence-corrected chi connectivity index (χ3v) is 6.04. The number of aromatic amines is 1. The van der Waals surface area contributed by atoms with Crippen molar-refractivity contribution in [3.05, 3.63) is 34.1 Å². The van der Waals surface area contributed by atoms with Gasteiger partial charge >= 0.3 is 0 Å². The second kappa shape index (κ2) is 9.22. The number of nitrogens with zero attached hydrogens (tertiary/aromatic N) is 1. The summed E-state index contributed by atoms with van der Waals surface area (Å²) in [6.07, 6.45) is 3.18. The molecular weight excluding hydrogens is 402 g/mol. The molecule has 0 bridgehead atoms. The van der Waals surface area contributed by atoms with Crippen LogP contribution in [0.1, 0.15) is 38.7 Å². The molecule has 0 amide bonds. The molecule has 30 heavy (non-hydrogen) atoms. The van der Waals surface area contributed by atoms with Crippen LogP contribution >= 0.6 is 12.2 Å². The van der Waals surface area contributed by atoms with Crippen LogP contribution in [-0.2, 0) is 11.3 Å². The van der Waals surface area contributed by atoms with Gasteiger partial charge < -0.3 is 29.4 Å². The maximum Gasteiger partial charge on any atom is 0.253 e. The number of H-pyrrole nitrogens is 1. The van der Waals surface area contributed by atoms with Crippen LogP contribution in [0, 0.1) is 0 Å². The Labute approximate surface area is 181 Å². The number of pyridine rings is 1. The van der Waals surface area contributed by atoms with Crippen molar-refractivity contribution in [2.24, 2.45) is 0 Å². The van der Waals surface area contributed by atoms with Gasteiger partial charge in [-0.1, -0.05) is 6.92 Å². The zero-order chi connectivity index (χ0) is 21.1. The van der Waals surface area contributed by atoms with Gasteiger partial charge in [-0.05, 0) is 50.5 Å². The highest BCUT2D eigenvalue weighted by Crippen LogP contribution is 2.33. The Hall–Kier alpha value is -2.32. The van der Waals surface area contributed by atoms with Gasteiger partial charge in [0.2, 0.25) is 0 Å². The summed E-state index contributed by atoms with van der Waals surface area (Å²) in [6, 6.07) is 5.93. The fourth-order valence-electron chi connectivity index (χ4n) is 3.77. The average Bonchev–Trinajstić information content (AvgIpc) is 3.25. The summed E-state index contributed by atoms with van der Waals surface area (Å²) in [5.74, 6) is 1.37. The maximum atomic E-state index is 12.8. The van der Waals surface area contributed by atoms with Gasteiger partial charge in [-0.2, -0.15) is 0 Å². The predicted molar refractivity (Wildman–Crippen MR) is 120 cm³/mol. The standard InChI is InChI=1S/C22H29N3O4S/c1-3-14(2)23-22(30)25(13-17-5-4-6-27-17)12-16-9-15-10-19-20(29-8-7-28-19)11-18(15)24-21(16)26/h9-11,14,17H,3-8,12-13H2,1-2H3,(H,23,30)(H,24,26)/t14-,17+/m0/s1. The molecule has 1 aromatic carbocycles. The largest absolute Gasteiger partial charge is 0.486 e. The molecule has 162 valence electrons. The fourth-order valence-corrected chi connectivity index (χ4v) is 4.11. The predicted octanol–water partition coefficient (Wildman–Crippen LogP) is 2.95. The number of hydrogen-bond donors (Lipinski definition) is 2. The Morgan fingerprint density at radius 2 is 2.03 bits per heavy atom. The van der Waals surface area contributed by atoms with Crippen molar-refractivity contribution in [1.82, 2.24) is 15.2 Å². The molecule has 2 N–H and O–H groups in total. The van der Waals surface area contributed by atoms with E-state index in [2.05, 4.69) is 24.1 Å². The van der Waals surface area contributed by atoms with E-state index >= 15 is 0 Å². The smallest absolute Gasteiger partial charge is 0.253 e. The lowest BCUT2D eigenvalue weighted by atomic mass is 10.1. The van der Waals surface area contributed by atoms with E-state index in [1.54, 1.807) is 0 Å². The third kappa shape index (κ3) is 4.70. The molecule has 4 rings (SSSR count). The molecule has 0 radical (unpaired) electrons. The van der Waals surface area contributed by atoms with Gasteiger partial charge in [0, 0.05) is 36.2 Å². The van der Waals surface area contributed by atoms with Crippen molar-refractivity contribution in [2.45, 2.75) is 51.8 Å². The number of rotatable bonds is 6. The molecule has 2 aliphatic rings. The summed E-state index contributed by atoms with van der Waals surface area (Å²) in [4.78, 5) is 17.9. The molecule has 2 atom stereocenters. The van der Waals surface area contributed by atoms with Gasteiger partial charge in [-0.15, -0.1) is 0 Å². The minimum Gasteiger partial charge on any atom is -0.486 e. The number of aromatic nitrogens is 1. The highest BCUT2D eigenvalue weighted by atomic mass is 32.1. The lowest BCUT2D eigenvalue weighted by Gasteiger charge is -2.29. The summed E-state index contributed by atoms with van der Waals surface area (Å²) in [5.41, 5.74) is 1.27. The second-order valence-corrected chi connectivity index (χ2v) is 8.37. The summed E-state index contributed by atoms with van der Waals surface area (Å²) >= 11 is 5.68.